The van der Waals surface area contributed by atoms with Crippen LogP contribution in [0.15, 0.2) is 16.5 Å². The molecule has 6 nitrogen and oxygen atoms in total. The second-order valence-corrected chi connectivity index (χ2v) is 6.04. The van der Waals surface area contributed by atoms with E-state index < -0.39 is 0 Å². The number of morpholine rings is 1. The summed E-state index contributed by atoms with van der Waals surface area (Å²) in [6, 6.07) is 3.80. The first-order valence-corrected chi connectivity index (χ1v) is 8.00. The number of nitrogens with one attached hydrogen (secondary N) is 1. The third kappa shape index (κ3) is 3.32. The van der Waals surface area contributed by atoms with Crippen LogP contribution in [-0.4, -0.2) is 40.8 Å². The lowest BCUT2D eigenvalue weighted by Gasteiger charge is -2.36. The van der Waals surface area contributed by atoms with Gasteiger partial charge >= 0.3 is 0 Å². The highest BCUT2D eigenvalue weighted by molar-refractivity contribution is 5.77. The van der Waals surface area contributed by atoms with Crippen molar-refractivity contribution in [2.24, 2.45) is 0 Å². The number of ether oxygens (including phenoxy) is 1. The van der Waals surface area contributed by atoms with Crippen LogP contribution in [0.5, 0.6) is 0 Å². The molecule has 6 heteroatoms. The number of carbonyl (C=O) groups excluding carboxylic acids is 1. The molecule has 1 amide bonds. The number of H-pyrrole nitrogens is 1. The van der Waals surface area contributed by atoms with Crippen molar-refractivity contribution in [3.05, 3.63) is 40.6 Å². The number of rotatable bonds is 4. The number of nitrogens with zero attached hydrogens (tertiary/aromatic N) is 2. The van der Waals surface area contributed by atoms with Crippen molar-refractivity contribution in [3.63, 3.8) is 0 Å². The van der Waals surface area contributed by atoms with Crippen LogP contribution in [-0.2, 0) is 16.0 Å². The second kappa shape index (κ2) is 6.58. The van der Waals surface area contributed by atoms with E-state index in [1.807, 2.05) is 37.8 Å². The molecule has 23 heavy (non-hydrogen) atoms. The number of aromatic amines is 1. The van der Waals surface area contributed by atoms with Gasteiger partial charge in [-0.2, -0.15) is 5.10 Å². The van der Waals surface area contributed by atoms with Crippen LogP contribution in [0.3, 0.4) is 0 Å². The SMILES string of the molecule is Cc1ccc(CCC(=O)N2CCOC[C@H]2c2c(C)n[nH]c2C)o1. The zero-order valence-corrected chi connectivity index (χ0v) is 13.9. The van der Waals surface area contributed by atoms with Crippen molar-refractivity contribution >= 4 is 5.91 Å². The second-order valence-electron chi connectivity index (χ2n) is 6.04. The van der Waals surface area contributed by atoms with Crippen molar-refractivity contribution in [3.8, 4) is 0 Å². The summed E-state index contributed by atoms with van der Waals surface area (Å²) in [5.41, 5.74) is 3.00. The lowest BCUT2D eigenvalue weighted by Crippen LogP contribution is -2.43. The predicted octanol–water partition coefficient (Wildman–Crippen LogP) is 2.46. The minimum atomic E-state index is -0.0617. The smallest absolute Gasteiger partial charge is 0.223 e. The Bertz CT molecular complexity index is 670. The van der Waals surface area contributed by atoms with E-state index >= 15 is 0 Å². The maximum absolute atomic E-state index is 12.7. The monoisotopic (exact) mass is 317 g/mol. The topological polar surface area (TPSA) is 71.4 Å². The standard InChI is InChI=1S/C17H23N3O3/c1-11-4-5-14(23-11)6-7-16(21)20-8-9-22-10-15(20)17-12(2)18-19-13(17)3/h4-5,15H,6-10H2,1-3H3,(H,18,19)/t15-/m0/s1. The van der Waals surface area contributed by atoms with Gasteiger partial charge in [0.15, 0.2) is 0 Å². The summed E-state index contributed by atoms with van der Waals surface area (Å²) in [7, 11) is 0. The Hall–Kier alpha value is -2.08. The third-order valence-electron chi connectivity index (χ3n) is 4.35. The highest BCUT2D eigenvalue weighted by Crippen LogP contribution is 2.29. The third-order valence-corrected chi connectivity index (χ3v) is 4.35. The molecule has 1 aliphatic heterocycles. The van der Waals surface area contributed by atoms with E-state index in [2.05, 4.69) is 10.2 Å². The summed E-state index contributed by atoms with van der Waals surface area (Å²) in [4.78, 5) is 14.6. The Labute approximate surface area is 135 Å². The average molecular weight is 317 g/mol. The van der Waals surface area contributed by atoms with Crippen LogP contribution in [0.1, 0.15) is 40.9 Å². The fraction of sp³-hybridized carbons (Fsp3) is 0.529. The van der Waals surface area contributed by atoms with Crippen LogP contribution in [0.4, 0.5) is 0 Å². The van der Waals surface area contributed by atoms with Gasteiger partial charge in [0, 0.05) is 30.6 Å². The normalized spacial score (nSPS) is 18.4. The number of furan rings is 1. The van der Waals surface area contributed by atoms with E-state index in [0.29, 0.717) is 32.6 Å². The molecule has 124 valence electrons. The Balaban J connectivity index is 1.72. The zero-order valence-electron chi connectivity index (χ0n) is 13.9. The van der Waals surface area contributed by atoms with E-state index in [1.165, 1.54) is 0 Å². The summed E-state index contributed by atoms with van der Waals surface area (Å²) < 4.78 is 11.2. The first-order valence-electron chi connectivity index (χ1n) is 8.00. The molecule has 0 radical (unpaired) electrons. The maximum Gasteiger partial charge on any atom is 0.223 e. The number of carbonyl (C=O) groups is 1. The molecule has 2 aromatic heterocycles. The fourth-order valence-electron chi connectivity index (χ4n) is 3.19. The number of hydrogen-bond acceptors (Lipinski definition) is 4. The highest BCUT2D eigenvalue weighted by Gasteiger charge is 2.31. The van der Waals surface area contributed by atoms with Crippen LogP contribution in [0, 0.1) is 20.8 Å². The van der Waals surface area contributed by atoms with Gasteiger partial charge in [0.1, 0.15) is 11.5 Å². The largest absolute Gasteiger partial charge is 0.466 e. The quantitative estimate of drug-likeness (QED) is 0.940. The minimum Gasteiger partial charge on any atom is -0.466 e. The van der Waals surface area contributed by atoms with Crippen molar-refractivity contribution < 1.29 is 13.9 Å². The van der Waals surface area contributed by atoms with Gasteiger partial charge in [-0.3, -0.25) is 9.89 Å². The summed E-state index contributed by atoms with van der Waals surface area (Å²) >= 11 is 0. The van der Waals surface area contributed by atoms with Gasteiger partial charge in [-0.25, -0.2) is 0 Å². The molecule has 1 N–H and O–H groups in total. The molecule has 1 aliphatic rings. The molecule has 3 rings (SSSR count). The molecule has 1 atom stereocenters. The fourth-order valence-corrected chi connectivity index (χ4v) is 3.19. The average Bonchev–Trinajstić information content (AvgIpc) is 3.10. The van der Waals surface area contributed by atoms with Gasteiger partial charge in [0.25, 0.3) is 0 Å². The number of aryl methyl sites for hydroxylation is 4. The van der Waals surface area contributed by atoms with Gasteiger partial charge in [-0.1, -0.05) is 0 Å². The first-order chi connectivity index (χ1) is 11.1. The summed E-state index contributed by atoms with van der Waals surface area (Å²) in [5, 5.41) is 7.24. The van der Waals surface area contributed by atoms with Gasteiger partial charge in [0.05, 0.1) is 24.9 Å². The van der Waals surface area contributed by atoms with Crippen LogP contribution < -0.4 is 0 Å². The van der Waals surface area contributed by atoms with Crippen molar-refractivity contribution in [1.29, 1.82) is 0 Å². The van der Waals surface area contributed by atoms with Gasteiger partial charge in [-0.15, -0.1) is 0 Å². The first kappa shape index (κ1) is 15.8. The van der Waals surface area contributed by atoms with E-state index in [9.17, 15) is 4.79 Å². The lowest BCUT2D eigenvalue weighted by atomic mass is 10.0. The number of hydrogen-bond donors (Lipinski definition) is 1. The lowest BCUT2D eigenvalue weighted by molar-refractivity contribution is -0.140. The molecule has 3 heterocycles. The van der Waals surface area contributed by atoms with Gasteiger partial charge in [0.2, 0.25) is 5.91 Å². The molecular weight excluding hydrogens is 294 g/mol. The maximum atomic E-state index is 12.7. The van der Waals surface area contributed by atoms with Crippen LogP contribution in [0.25, 0.3) is 0 Å². The van der Waals surface area contributed by atoms with Crippen LogP contribution >= 0.6 is 0 Å². The Morgan fingerprint density at radius 1 is 1.39 bits per heavy atom. The molecular formula is C17H23N3O3. The summed E-state index contributed by atoms with van der Waals surface area (Å²) in [5.74, 6) is 1.87. The van der Waals surface area contributed by atoms with Crippen molar-refractivity contribution in [2.45, 2.75) is 39.7 Å². The van der Waals surface area contributed by atoms with Gasteiger partial charge < -0.3 is 14.1 Å². The Morgan fingerprint density at radius 3 is 2.87 bits per heavy atom. The number of amides is 1. The Morgan fingerprint density at radius 2 is 2.22 bits per heavy atom. The highest BCUT2D eigenvalue weighted by atomic mass is 16.5. The summed E-state index contributed by atoms with van der Waals surface area (Å²) in [6.07, 6.45) is 1.07. The Kier molecular flexibility index (Phi) is 4.52. The molecule has 0 unspecified atom stereocenters. The predicted molar refractivity (Wildman–Crippen MR) is 85.1 cm³/mol. The number of aromatic nitrogens is 2. The van der Waals surface area contributed by atoms with Crippen LogP contribution in [0.2, 0.25) is 0 Å². The molecule has 0 bridgehead atoms. The molecule has 0 aromatic carbocycles. The van der Waals surface area contributed by atoms with Crippen molar-refractivity contribution in [2.75, 3.05) is 19.8 Å². The molecule has 0 spiro atoms. The summed E-state index contributed by atoms with van der Waals surface area (Å²) in [6.45, 7) is 7.57. The zero-order chi connectivity index (χ0) is 16.4. The van der Waals surface area contributed by atoms with E-state index in [0.717, 1.165) is 28.5 Å². The van der Waals surface area contributed by atoms with E-state index in [1.54, 1.807) is 0 Å². The van der Waals surface area contributed by atoms with E-state index in [4.69, 9.17) is 9.15 Å². The molecule has 0 aliphatic carbocycles. The van der Waals surface area contributed by atoms with Crippen molar-refractivity contribution in [1.82, 2.24) is 15.1 Å². The van der Waals surface area contributed by atoms with Gasteiger partial charge in [-0.05, 0) is 32.9 Å². The molecule has 2 aromatic rings. The molecule has 0 saturated carbocycles. The molecule has 1 saturated heterocycles. The van der Waals surface area contributed by atoms with E-state index in [-0.39, 0.29) is 11.9 Å². The molecule has 1 fully saturated rings. The minimum absolute atomic E-state index is 0.0617.